The van der Waals surface area contributed by atoms with Crippen LogP contribution in [0.25, 0.3) is 32.4 Å². The number of hydrogen-bond donors (Lipinski definition) is 1. The summed E-state index contributed by atoms with van der Waals surface area (Å²) in [5, 5.41) is 4.80. The van der Waals surface area contributed by atoms with Crippen LogP contribution in [-0.2, 0) is 9.84 Å². The molecule has 0 fully saturated rings. The quantitative estimate of drug-likeness (QED) is 0.289. The largest absolute Gasteiger partial charge is 0.298 e. The molecule has 0 aliphatic rings. The summed E-state index contributed by atoms with van der Waals surface area (Å²) < 4.78 is 24.4. The minimum Gasteiger partial charge on any atom is -0.298 e. The zero-order valence-electron chi connectivity index (χ0n) is 17.5. The smallest absolute Gasteiger partial charge is 0.258 e. The normalized spacial score (nSPS) is 11.7. The van der Waals surface area contributed by atoms with Crippen molar-refractivity contribution in [3.8, 4) is 11.3 Å². The lowest BCUT2D eigenvalue weighted by Gasteiger charge is -2.11. The Morgan fingerprint density at radius 2 is 1.74 bits per heavy atom. The monoisotopic (exact) mass is 527 g/mol. The second kappa shape index (κ2) is 8.63. The van der Waals surface area contributed by atoms with Crippen molar-refractivity contribution in [2.45, 2.75) is 4.90 Å². The second-order valence-corrected chi connectivity index (χ2v) is 11.5. The van der Waals surface area contributed by atoms with Crippen molar-refractivity contribution in [1.29, 1.82) is 0 Å². The number of nitrogens with one attached hydrogen (secondary N) is 1. The summed E-state index contributed by atoms with van der Waals surface area (Å²) in [5.41, 5.74) is 2.83. The Hall–Kier alpha value is -3.04. The van der Waals surface area contributed by atoms with Crippen molar-refractivity contribution in [2.24, 2.45) is 0 Å². The molecule has 5 rings (SSSR count). The standard InChI is InChI=1S/C24H15Cl2N3O3S2/c1-34(31,32)14-7-9-20-22(11-14)33-24(28-20)29-23(30)17-12-21(16-8-6-13(25)10-18(16)26)27-19-5-3-2-4-15(17)19/h2-12H,1H3,(H,28,29,30). The Labute approximate surface area is 209 Å². The molecular formula is C24H15Cl2N3O3S2. The number of pyridine rings is 1. The Kier molecular flexibility index (Phi) is 5.77. The van der Waals surface area contributed by atoms with Crippen LogP contribution in [0, 0.1) is 0 Å². The summed E-state index contributed by atoms with van der Waals surface area (Å²) in [6, 6.07) is 18.8. The van der Waals surface area contributed by atoms with Crippen molar-refractivity contribution in [3.63, 3.8) is 0 Å². The molecule has 0 aliphatic carbocycles. The third-order valence-electron chi connectivity index (χ3n) is 5.18. The highest BCUT2D eigenvalue weighted by molar-refractivity contribution is 7.90. The maximum Gasteiger partial charge on any atom is 0.258 e. The van der Waals surface area contributed by atoms with E-state index in [-0.39, 0.29) is 10.8 Å². The number of nitrogens with zero attached hydrogens (tertiary/aromatic N) is 2. The van der Waals surface area contributed by atoms with Gasteiger partial charge in [0.15, 0.2) is 15.0 Å². The first-order valence-electron chi connectivity index (χ1n) is 9.96. The molecule has 5 aromatic rings. The van der Waals surface area contributed by atoms with Crippen molar-refractivity contribution < 1.29 is 13.2 Å². The highest BCUT2D eigenvalue weighted by Crippen LogP contribution is 2.33. The topological polar surface area (TPSA) is 89.0 Å². The van der Waals surface area contributed by atoms with Crippen LogP contribution in [0.1, 0.15) is 10.4 Å². The average Bonchev–Trinajstić information content (AvgIpc) is 3.19. The number of amides is 1. The van der Waals surface area contributed by atoms with Gasteiger partial charge in [0.2, 0.25) is 0 Å². The van der Waals surface area contributed by atoms with Gasteiger partial charge in [-0.2, -0.15) is 0 Å². The predicted octanol–water partition coefficient (Wildman–Crippen LogP) is 6.47. The highest BCUT2D eigenvalue weighted by Gasteiger charge is 2.18. The van der Waals surface area contributed by atoms with Crippen LogP contribution in [0.15, 0.2) is 71.6 Å². The number of carbonyl (C=O) groups is 1. The van der Waals surface area contributed by atoms with Gasteiger partial charge in [0.1, 0.15) is 0 Å². The van der Waals surface area contributed by atoms with Gasteiger partial charge < -0.3 is 0 Å². The summed E-state index contributed by atoms with van der Waals surface area (Å²) in [6.45, 7) is 0. The van der Waals surface area contributed by atoms with E-state index in [4.69, 9.17) is 23.2 Å². The van der Waals surface area contributed by atoms with E-state index in [0.717, 1.165) is 6.26 Å². The van der Waals surface area contributed by atoms with Crippen molar-refractivity contribution in [2.75, 3.05) is 11.6 Å². The summed E-state index contributed by atoms with van der Waals surface area (Å²) >= 11 is 13.6. The molecule has 0 spiro atoms. The lowest BCUT2D eigenvalue weighted by molar-refractivity contribution is 0.102. The van der Waals surface area contributed by atoms with E-state index >= 15 is 0 Å². The fourth-order valence-electron chi connectivity index (χ4n) is 3.55. The SMILES string of the molecule is CS(=O)(=O)c1ccc2nc(NC(=O)c3cc(-c4ccc(Cl)cc4Cl)nc4ccccc34)sc2c1. The lowest BCUT2D eigenvalue weighted by Crippen LogP contribution is -2.13. The van der Waals surface area contributed by atoms with Crippen LogP contribution < -0.4 is 5.32 Å². The zero-order chi connectivity index (χ0) is 24.0. The minimum absolute atomic E-state index is 0.200. The van der Waals surface area contributed by atoms with Crippen LogP contribution in [0.2, 0.25) is 10.0 Å². The third kappa shape index (κ3) is 4.37. The number of sulfone groups is 1. The van der Waals surface area contributed by atoms with Gasteiger partial charge in [0.05, 0.1) is 36.9 Å². The minimum atomic E-state index is -3.35. The fourth-order valence-corrected chi connectivity index (χ4v) is 5.68. The number of thiazole rings is 1. The maximum absolute atomic E-state index is 13.3. The van der Waals surface area contributed by atoms with Gasteiger partial charge in [-0.3, -0.25) is 10.1 Å². The molecule has 1 N–H and O–H groups in total. The van der Waals surface area contributed by atoms with E-state index in [1.165, 1.54) is 17.4 Å². The number of para-hydroxylation sites is 1. The number of rotatable bonds is 4. The highest BCUT2D eigenvalue weighted by atomic mass is 35.5. The van der Waals surface area contributed by atoms with Crippen LogP contribution in [0.5, 0.6) is 0 Å². The van der Waals surface area contributed by atoms with E-state index in [0.29, 0.717) is 53.1 Å². The molecule has 1 amide bonds. The number of fused-ring (bicyclic) bond motifs is 2. The maximum atomic E-state index is 13.3. The number of hydrogen-bond acceptors (Lipinski definition) is 6. The van der Waals surface area contributed by atoms with Crippen molar-refractivity contribution in [3.05, 3.63) is 82.3 Å². The molecule has 0 unspecified atom stereocenters. The first-order valence-corrected chi connectivity index (χ1v) is 13.4. The number of benzene rings is 3. The van der Waals surface area contributed by atoms with Gasteiger partial charge in [0.25, 0.3) is 5.91 Å². The van der Waals surface area contributed by atoms with Gasteiger partial charge in [-0.1, -0.05) is 52.7 Å². The molecule has 2 heterocycles. The van der Waals surface area contributed by atoms with E-state index in [1.807, 2.05) is 24.3 Å². The summed E-state index contributed by atoms with van der Waals surface area (Å²) in [5.74, 6) is -0.368. The van der Waals surface area contributed by atoms with Crippen LogP contribution in [-0.4, -0.2) is 30.5 Å². The number of aromatic nitrogens is 2. The third-order valence-corrected chi connectivity index (χ3v) is 7.77. The van der Waals surface area contributed by atoms with Crippen molar-refractivity contribution >= 4 is 76.5 Å². The van der Waals surface area contributed by atoms with E-state index < -0.39 is 9.84 Å². The zero-order valence-corrected chi connectivity index (χ0v) is 20.7. The molecule has 0 saturated carbocycles. The second-order valence-electron chi connectivity index (χ2n) is 7.57. The molecule has 170 valence electrons. The molecular weight excluding hydrogens is 513 g/mol. The van der Waals surface area contributed by atoms with Crippen molar-refractivity contribution in [1.82, 2.24) is 9.97 Å². The molecule has 6 nitrogen and oxygen atoms in total. The Morgan fingerprint density at radius 3 is 2.50 bits per heavy atom. The molecule has 0 atom stereocenters. The van der Waals surface area contributed by atoms with Gasteiger partial charge >= 0.3 is 0 Å². The summed E-state index contributed by atoms with van der Waals surface area (Å²) in [7, 11) is -3.35. The lowest BCUT2D eigenvalue weighted by atomic mass is 10.0. The Morgan fingerprint density at radius 1 is 0.941 bits per heavy atom. The molecule has 34 heavy (non-hydrogen) atoms. The number of carbonyl (C=O) groups excluding carboxylic acids is 1. The van der Waals surface area contributed by atoms with E-state index in [2.05, 4.69) is 15.3 Å². The molecule has 10 heteroatoms. The van der Waals surface area contributed by atoms with Gasteiger partial charge in [-0.25, -0.2) is 18.4 Å². The number of anilines is 1. The van der Waals surface area contributed by atoms with Gasteiger partial charge in [-0.15, -0.1) is 0 Å². The van der Waals surface area contributed by atoms with Gasteiger partial charge in [0, 0.05) is 22.2 Å². The first kappa shape index (κ1) is 22.7. The summed E-state index contributed by atoms with van der Waals surface area (Å²) in [6.07, 6.45) is 1.15. The number of halogens is 2. The van der Waals surface area contributed by atoms with Gasteiger partial charge in [-0.05, 0) is 48.5 Å². The Bertz CT molecular complexity index is 1720. The molecule has 0 saturated heterocycles. The van der Waals surface area contributed by atoms with Crippen LogP contribution >= 0.6 is 34.5 Å². The predicted molar refractivity (Wildman–Crippen MR) is 138 cm³/mol. The molecule has 2 aromatic heterocycles. The van der Waals surface area contributed by atoms with E-state index in [1.54, 1.807) is 36.4 Å². The summed E-state index contributed by atoms with van der Waals surface area (Å²) in [4.78, 5) is 22.6. The van der Waals surface area contributed by atoms with Crippen LogP contribution in [0.3, 0.4) is 0 Å². The molecule has 3 aromatic carbocycles. The van der Waals surface area contributed by atoms with E-state index in [9.17, 15) is 13.2 Å². The van der Waals surface area contributed by atoms with Crippen LogP contribution in [0.4, 0.5) is 5.13 Å². The Balaban J connectivity index is 1.56. The molecule has 0 bridgehead atoms. The molecule has 0 radical (unpaired) electrons. The molecule has 0 aliphatic heterocycles. The first-order chi connectivity index (χ1) is 16.2. The fraction of sp³-hybridized carbons (Fsp3) is 0.0417. The average molecular weight is 528 g/mol.